The summed E-state index contributed by atoms with van der Waals surface area (Å²) in [6, 6.07) is 1.82. The summed E-state index contributed by atoms with van der Waals surface area (Å²) >= 11 is 0. The van der Waals surface area contributed by atoms with E-state index in [2.05, 4.69) is 78.4 Å². The molecule has 130 heavy (non-hydrogen) atoms. The zero-order valence-corrected chi connectivity index (χ0v) is 74.8. The lowest BCUT2D eigenvalue weighted by atomic mass is 10.00. The maximum atomic E-state index is 15.7. The van der Waals surface area contributed by atoms with Gasteiger partial charge in [-0.3, -0.25) is 86.9 Å². The van der Waals surface area contributed by atoms with E-state index >= 15 is 33.6 Å². The molecule has 704 valence electrons. The Morgan fingerprint density at radius 3 is 1.65 bits per heavy atom. The van der Waals surface area contributed by atoms with E-state index in [1.807, 2.05) is 13.8 Å². The van der Waals surface area contributed by atoms with Crippen LogP contribution in [0.4, 0.5) is 0 Å². The summed E-state index contributed by atoms with van der Waals surface area (Å²) in [7, 11) is 5.16. The molecule has 17 amide bonds. The van der Waals surface area contributed by atoms with Crippen molar-refractivity contribution >= 4 is 128 Å². The maximum Gasteiger partial charge on any atom is 0.246 e. The number of aromatic amines is 3. The van der Waals surface area contributed by atoms with Crippen LogP contribution in [0.1, 0.15) is 140 Å². The average Bonchev–Trinajstić information content (AvgIpc) is 1.60. The number of unbranched alkanes of at least 4 members (excludes halogenated alkanes) is 2. The smallest absolute Gasteiger partial charge is 0.246 e. The van der Waals surface area contributed by atoms with Crippen molar-refractivity contribution in [2.75, 3.05) is 61.0 Å². The molecule has 5 heterocycles. The van der Waals surface area contributed by atoms with Crippen LogP contribution >= 0.6 is 0 Å². The lowest BCUT2D eigenvalue weighted by molar-refractivity contribution is -0.149. The number of carbonyl (C=O) groups excluding carboxylic acids is 17. The summed E-state index contributed by atoms with van der Waals surface area (Å²) < 4.78 is 0. The molecule has 0 radical (unpaired) electrons. The van der Waals surface area contributed by atoms with Crippen LogP contribution in [0.15, 0.2) is 104 Å². The van der Waals surface area contributed by atoms with Gasteiger partial charge in [0, 0.05) is 113 Å². The normalized spacial score (nSPS) is 23.5. The van der Waals surface area contributed by atoms with Gasteiger partial charge in [-0.25, -0.2) is 4.98 Å². The van der Waals surface area contributed by atoms with Gasteiger partial charge < -0.3 is 120 Å². The minimum absolute atomic E-state index is 0.00169. The highest BCUT2D eigenvalue weighted by Crippen LogP contribution is 2.26. The highest BCUT2D eigenvalue weighted by molar-refractivity contribution is 6.03. The second kappa shape index (κ2) is 48.9. The number of rotatable bonds is 26. The third kappa shape index (κ3) is 28.8. The Balaban J connectivity index is 1.20. The second-order valence-electron chi connectivity index (χ2n) is 33.3. The highest BCUT2D eigenvalue weighted by Gasteiger charge is 2.44. The number of primary amides is 2. The molecule has 0 aliphatic carbocycles. The number of hydrogen-bond donors (Lipinski definition) is 19. The fourth-order valence-electron chi connectivity index (χ4n) is 15.8. The van der Waals surface area contributed by atoms with E-state index in [-0.39, 0.29) is 89.6 Å². The van der Waals surface area contributed by atoms with Crippen molar-refractivity contribution < 1.29 is 86.6 Å². The van der Waals surface area contributed by atoms with Crippen LogP contribution in [-0.4, -0.2) is 295 Å². The van der Waals surface area contributed by atoms with Gasteiger partial charge in [-0.2, -0.15) is 0 Å². The van der Waals surface area contributed by atoms with Gasteiger partial charge >= 0.3 is 0 Å². The van der Waals surface area contributed by atoms with Gasteiger partial charge in [-0.1, -0.05) is 120 Å². The Morgan fingerprint density at radius 1 is 0.523 bits per heavy atom. The Hall–Kier alpha value is -13.8. The van der Waals surface area contributed by atoms with Gasteiger partial charge in [0.25, 0.3) is 0 Å². The van der Waals surface area contributed by atoms with Crippen molar-refractivity contribution in [2.45, 2.75) is 222 Å². The molecule has 2 saturated heterocycles. The fourth-order valence-corrected chi connectivity index (χ4v) is 15.8. The number of guanidine groups is 1. The van der Waals surface area contributed by atoms with E-state index in [0.717, 1.165) is 24.5 Å². The highest BCUT2D eigenvalue weighted by atomic mass is 16.3. The number of fused-ring (bicyclic) bond motifs is 3. The average molecular weight is 1810 g/mol. The van der Waals surface area contributed by atoms with Gasteiger partial charge in [0.1, 0.15) is 78.5 Å². The first-order valence-electron chi connectivity index (χ1n) is 43.6. The van der Waals surface area contributed by atoms with Crippen molar-refractivity contribution in [1.29, 1.82) is 5.41 Å². The molecule has 2 fully saturated rings. The van der Waals surface area contributed by atoms with Crippen molar-refractivity contribution in [2.24, 2.45) is 23.1 Å². The molecule has 0 unspecified atom stereocenters. The molecule has 13 atom stereocenters. The fraction of sp³-hybridized carbons (Fsp3) is 0.511. The lowest BCUT2D eigenvalue weighted by Gasteiger charge is -2.36. The molecular formula is C88H124N24O18. The molecule has 3 aromatic carbocycles. The monoisotopic (exact) mass is 1800 g/mol. The molecule has 22 N–H and O–H groups in total. The topological polar surface area (TPSA) is 621 Å². The van der Waals surface area contributed by atoms with Gasteiger partial charge in [0.2, 0.25) is 100 Å². The summed E-state index contributed by atoms with van der Waals surface area (Å²) in [6.45, 7) is 5.68. The van der Waals surface area contributed by atoms with Gasteiger partial charge in [-0.15, -0.1) is 0 Å². The van der Waals surface area contributed by atoms with Crippen molar-refractivity contribution in [3.8, 4) is 0 Å². The maximum absolute atomic E-state index is 15.7. The summed E-state index contributed by atoms with van der Waals surface area (Å²) in [5.74, 6) is -17.2. The number of hydrogen-bond acceptors (Lipinski definition) is 20. The number of carbonyl (C=O) groups is 17. The van der Waals surface area contributed by atoms with E-state index in [1.165, 1.54) is 47.6 Å². The Kier molecular flexibility index (Phi) is 38.2. The van der Waals surface area contributed by atoms with E-state index in [4.69, 9.17) is 22.6 Å². The van der Waals surface area contributed by atoms with Crippen molar-refractivity contribution in [1.82, 2.24) is 103 Å². The second-order valence-corrected chi connectivity index (χ2v) is 33.3. The molecule has 2 aliphatic rings. The van der Waals surface area contributed by atoms with Crippen LogP contribution in [0, 0.1) is 11.3 Å². The summed E-state index contributed by atoms with van der Waals surface area (Å²) in [4.78, 5) is 268. The number of likely N-dealkylation sites (N-methyl/N-ethyl adjacent to an activating group) is 4. The summed E-state index contributed by atoms with van der Waals surface area (Å²) in [5, 5.41) is 49.0. The molecule has 0 spiro atoms. The third-order valence-corrected chi connectivity index (χ3v) is 23.0. The number of aliphatic hydroxyl groups excluding tert-OH is 1. The first kappa shape index (κ1) is 102. The Bertz CT molecular complexity index is 5000. The number of nitrogens with two attached hydrogens (primary N) is 3. The number of nitrogens with one attached hydrogen (secondary N) is 15. The Morgan fingerprint density at radius 2 is 1.05 bits per heavy atom. The van der Waals surface area contributed by atoms with Crippen LogP contribution in [0.5, 0.6) is 0 Å². The molecule has 8 rings (SSSR count). The van der Waals surface area contributed by atoms with Crippen LogP contribution < -0.4 is 75.7 Å². The zero-order chi connectivity index (χ0) is 95.2. The minimum Gasteiger partial charge on any atom is -0.394 e. The molecule has 3 aromatic heterocycles. The number of amides is 17. The predicted octanol–water partition coefficient (Wildman–Crippen LogP) is -2.48. The summed E-state index contributed by atoms with van der Waals surface area (Å²) in [5.41, 5.74) is 19.9. The number of nitrogens with zero attached hydrogens (tertiary/aromatic N) is 6. The van der Waals surface area contributed by atoms with Crippen molar-refractivity contribution in [3.63, 3.8) is 0 Å². The minimum atomic E-state index is -1.93. The Labute approximate surface area is 752 Å². The largest absolute Gasteiger partial charge is 0.394 e. The lowest BCUT2D eigenvalue weighted by Crippen LogP contribution is -2.61. The molecule has 42 nitrogen and oxygen atoms in total. The van der Waals surface area contributed by atoms with E-state index in [0.29, 0.717) is 69.9 Å². The van der Waals surface area contributed by atoms with Crippen LogP contribution in [0.3, 0.4) is 0 Å². The predicted molar refractivity (Wildman–Crippen MR) is 477 cm³/mol. The van der Waals surface area contributed by atoms with Gasteiger partial charge in [0.05, 0.1) is 38.9 Å². The number of H-pyrrole nitrogens is 3. The molecular weight excluding hydrogens is 1680 g/mol. The van der Waals surface area contributed by atoms with Gasteiger partial charge in [0.15, 0.2) is 5.96 Å². The van der Waals surface area contributed by atoms with E-state index < -0.39 is 217 Å². The van der Waals surface area contributed by atoms with Gasteiger partial charge in [-0.05, 0) is 86.6 Å². The number of para-hydroxylation sites is 2. The molecule has 6 aromatic rings. The molecule has 0 bridgehead atoms. The number of imidazole rings is 1. The first-order valence-corrected chi connectivity index (χ1v) is 43.6. The molecule has 42 heteroatoms. The standard InChI is InChI=1S/C88H124N24O18/c1-10-12-30-68-81(124)101-59(29-21-33-94-88(91)92)77(120)102-62(76(119)97-45-72(90)115)41-73(116)100-64(36-51-23-15-14-16-24-51)84(127)109(7)50(5)75(118)104-66(40-71(89)114)86(129)112-34-22-32-69(112)82(125)103-61(39-54-44-93-48-98-54)79(122)105-63(35-49(3)4)83(126)108(6)46-74(117)99-60(37-52-42-95-57-27-19-17-25-55(52)57)78(121)107-67(47-113)80(123)106-65(38-53-43-96-58-28-20-18-26-56(53)58)85(128)111(9)70(31-13-11-2)87(130)110(68)8/h14-20,23-28,42-44,48-50,59-70,95-96,113H,10-13,21-22,29-41,45-47H2,1-9H3,(H2,89,114)(H2,90,115)(H,93,98)(H,97,119)(H,99,117)(H,100,116)(H,101,124)(H,102,120)(H,103,125)(H,104,118)(H,105,122)(H,106,123)(H,107,121)(H4,91,92,94)/t50-,59-,60-,61-,62-,63-,64-,65-,66-,67-,68-,69-,70-/m0/s1. The van der Waals surface area contributed by atoms with E-state index in [1.54, 1.807) is 105 Å². The SMILES string of the molecule is CCCC[C@H]1C(=O)N(C)[C@@H](CCCC)C(=O)N[C@@H](CCCNC(=N)N)C(=O)N[C@H](C(=O)NCC(N)=O)CC(=O)N[C@@H](Cc2ccccc2)C(=O)N(C)[C@@H](C)C(=O)N[C@@H](CC(N)=O)C(=O)N2CCC[C@H]2C(=O)N[C@@H](Cc2cnc[nH]2)C(=O)N[C@@H](CC(C)C)C(=O)N(C)CC(=O)N[C@@H](Cc2c[nH]c3ccccc23)C(=O)N[C@@H](CO)C(=O)N[C@@H](Cc2c[nH]c3ccccc23)C(=O)N1C. The zero-order valence-electron chi connectivity index (χ0n) is 74.8. The first-order chi connectivity index (χ1) is 61.9. The van der Waals surface area contributed by atoms with E-state index in [9.17, 15) is 53.1 Å². The summed E-state index contributed by atoms with van der Waals surface area (Å²) in [6.07, 6.45) is 4.54. The quantitative estimate of drug-likeness (QED) is 0.0152. The van der Waals surface area contributed by atoms with Crippen molar-refractivity contribution in [3.05, 3.63) is 126 Å². The van der Waals surface area contributed by atoms with Crippen LogP contribution in [0.2, 0.25) is 0 Å². The van der Waals surface area contributed by atoms with Crippen LogP contribution in [0.25, 0.3) is 21.8 Å². The molecule has 2 aliphatic heterocycles. The number of aromatic nitrogens is 4. The van der Waals surface area contributed by atoms with Crippen LogP contribution in [-0.2, 0) is 107 Å². The molecule has 0 saturated carbocycles. The third-order valence-electron chi connectivity index (χ3n) is 23.0. The number of aliphatic hydroxyl groups is 1. The number of benzene rings is 3.